The average Bonchev–Trinajstić information content (AvgIpc) is 3.27. The lowest BCUT2D eigenvalue weighted by Crippen LogP contribution is -2.43. The van der Waals surface area contributed by atoms with Crippen molar-refractivity contribution >= 4 is 49.1 Å². The SMILES string of the molecule is CCOc1ccccc1NC(=O)[C@@H]1CCCN(S(=O)(=O)c2cc3c(cc2Br)CCN3C(=O)CC)C1. The van der Waals surface area contributed by atoms with E-state index in [9.17, 15) is 18.0 Å². The van der Waals surface area contributed by atoms with Crippen LogP contribution in [0.1, 0.15) is 38.7 Å². The van der Waals surface area contributed by atoms with E-state index in [-0.39, 0.29) is 23.3 Å². The molecule has 0 saturated carbocycles. The van der Waals surface area contributed by atoms with Gasteiger partial charge in [0.25, 0.3) is 0 Å². The van der Waals surface area contributed by atoms with Crippen LogP contribution in [0.3, 0.4) is 0 Å². The number of amides is 2. The van der Waals surface area contributed by atoms with Crippen molar-refractivity contribution in [2.45, 2.75) is 44.4 Å². The van der Waals surface area contributed by atoms with E-state index in [1.165, 1.54) is 4.31 Å². The molecular formula is C25H30BrN3O5S. The van der Waals surface area contributed by atoms with E-state index in [2.05, 4.69) is 21.2 Å². The number of nitrogens with zero attached hydrogens (tertiary/aromatic N) is 2. The number of anilines is 2. The number of nitrogens with one attached hydrogen (secondary N) is 1. The summed E-state index contributed by atoms with van der Waals surface area (Å²) in [6, 6.07) is 10.6. The zero-order valence-corrected chi connectivity index (χ0v) is 22.3. The van der Waals surface area contributed by atoms with Crippen LogP contribution in [0.4, 0.5) is 11.4 Å². The number of fused-ring (bicyclic) bond motifs is 1. The summed E-state index contributed by atoms with van der Waals surface area (Å²) < 4.78 is 34.8. The maximum absolute atomic E-state index is 13.7. The Morgan fingerprint density at radius 2 is 1.94 bits per heavy atom. The summed E-state index contributed by atoms with van der Waals surface area (Å²) in [6.07, 6.45) is 2.22. The molecular weight excluding hydrogens is 534 g/mol. The number of benzene rings is 2. The molecule has 2 aromatic carbocycles. The molecule has 0 unspecified atom stereocenters. The predicted octanol–water partition coefficient (Wildman–Crippen LogP) is 4.19. The zero-order valence-electron chi connectivity index (χ0n) is 19.9. The van der Waals surface area contributed by atoms with Gasteiger partial charge in [0.05, 0.1) is 23.1 Å². The van der Waals surface area contributed by atoms with Crippen molar-refractivity contribution in [2.75, 3.05) is 36.5 Å². The maximum Gasteiger partial charge on any atom is 0.244 e. The van der Waals surface area contributed by atoms with Crippen molar-refractivity contribution < 1.29 is 22.7 Å². The minimum absolute atomic E-state index is 0.0311. The standard InChI is InChI=1S/C25H30BrN3O5S/c1-3-24(30)29-13-11-17-14-19(26)23(15-21(17)29)35(32,33)28-12-7-8-18(16-28)25(31)27-20-9-5-6-10-22(20)34-4-2/h5-6,9-10,14-15,18H,3-4,7-8,11-13,16H2,1-2H3,(H,27,31)/t18-/m1/s1. The van der Waals surface area contributed by atoms with Crippen molar-refractivity contribution in [1.29, 1.82) is 0 Å². The van der Waals surface area contributed by atoms with Gasteiger partial charge in [0.2, 0.25) is 21.8 Å². The molecule has 2 amide bonds. The first-order valence-electron chi connectivity index (χ1n) is 11.9. The van der Waals surface area contributed by atoms with Gasteiger partial charge in [-0.25, -0.2) is 8.42 Å². The van der Waals surface area contributed by atoms with Crippen LogP contribution in [0.2, 0.25) is 0 Å². The van der Waals surface area contributed by atoms with Gasteiger partial charge in [0, 0.05) is 36.2 Å². The Bertz CT molecular complexity index is 1230. The first-order chi connectivity index (χ1) is 16.8. The largest absolute Gasteiger partial charge is 0.492 e. The Kier molecular flexibility index (Phi) is 7.83. The normalized spacial score (nSPS) is 18.3. The highest BCUT2D eigenvalue weighted by molar-refractivity contribution is 9.10. The van der Waals surface area contributed by atoms with Crippen molar-refractivity contribution in [2.24, 2.45) is 5.92 Å². The van der Waals surface area contributed by atoms with Crippen molar-refractivity contribution in [3.8, 4) is 5.75 Å². The minimum Gasteiger partial charge on any atom is -0.492 e. The lowest BCUT2D eigenvalue weighted by atomic mass is 9.98. The third-order valence-electron chi connectivity index (χ3n) is 6.45. The fourth-order valence-electron chi connectivity index (χ4n) is 4.64. The van der Waals surface area contributed by atoms with Gasteiger partial charge in [-0.05, 0) is 71.9 Å². The Balaban J connectivity index is 1.55. The van der Waals surface area contributed by atoms with Gasteiger partial charge in [0.15, 0.2) is 0 Å². The highest BCUT2D eigenvalue weighted by atomic mass is 79.9. The zero-order chi connectivity index (χ0) is 25.2. The number of carbonyl (C=O) groups is 2. The van der Waals surface area contributed by atoms with Crippen molar-refractivity contribution in [3.63, 3.8) is 0 Å². The van der Waals surface area contributed by atoms with E-state index in [1.807, 2.05) is 19.1 Å². The summed E-state index contributed by atoms with van der Waals surface area (Å²) in [6.45, 7) is 5.11. The number of hydrogen-bond acceptors (Lipinski definition) is 5. The van der Waals surface area contributed by atoms with Crippen LogP contribution in [0.15, 0.2) is 45.8 Å². The third-order valence-corrected chi connectivity index (χ3v) is 9.27. The van der Waals surface area contributed by atoms with E-state index >= 15 is 0 Å². The molecule has 35 heavy (non-hydrogen) atoms. The molecule has 0 bridgehead atoms. The Hall–Kier alpha value is -2.43. The lowest BCUT2D eigenvalue weighted by molar-refractivity contribution is -0.121. The van der Waals surface area contributed by atoms with E-state index < -0.39 is 15.9 Å². The third kappa shape index (κ3) is 5.24. The predicted molar refractivity (Wildman–Crippen MR) is 138 cm³/mol. The molecule has 0 aliphatic carbocycles. The fourth-order valence-corrected chi connectivity index (χ4v) is 7.23. The summed E-state index contributed by atoms with van der Waals surface area (Å²) in [4.78, 5) is 27.2. The number of piperidine rings is 1. The van der Waals surface area contributed by atoms with Crippen molar-refractivity contribution in [1.82, 2.24) is 4.31 Å². The monoisotopic (exact) mass is 563 g/mol. The highest BCUT2D eigenvalue weighted by Crippen LogP contribution is 2.38. The summed E-state index contributed by atoms with van der Waals surface area (Å²) in [5, 5.41) is 2.91. The van der Waals surface area contributed by atoms with Crippen molar-refractivity contribution in [3.05, 3.63) is 46.4 Å². The molecule has 0 radical (unpaired) electrons. The van der Waals surface area contributed by atoms with Crippen LogP contribution in [0.25, 0.3) is 0 Å². The van der Waals surface area contributed by atoms with Gasteiger partial charge < -0.3 is 15.0 Å². The number of sulfonamides is 1. The minimum atomic E-state index is -3.88. The highest BCUT2D eigenvalue weighted by Gasteiger charge is 2.36. The Morgan fingerprint density at radius 3 is 2.69 bits per heavy atom. The Labute approximate surface area is 214 Å². The number of carbonyl (C=O) groups excluding carboxylic acids is 2. The molecule has 1 N–H and O–H groups in total. The first-order valence-corrected chi connectivity index (χ1v) is 14.1. The second-order valence-electron chi connectivity index (χ2n) is 8.68. The molecule has 188 valence electrons. The van der Waals surface area contributed by atoms with Crippen LogP contribution in [0, 0.1) is 5.92 Å². The molecule has 2 aromatic rings. The van der Waals surface area contributed by atoms with E-state index in [0.717, 1.165) is 5.56 Å². The molecule has 2 aliphatic heterocycles. The smallest absolute Gasteiger partial charge is 0.244 e. The van der Waals surface area contributed by atoms with E-state index in [1.54, 1.807) is 36.1 Å². The van der Waals surface area contributed by atoms with Crippen LogP contribution in [-0.4, -0.2) is 50.8 Å². The van der Waals surface area contributed by atoms with Gasteiger partial charge >= 0.3 is 0 Å². The molecule has 1 fully saturated rings. The molecule has 1 atom stereocenters. The number of para-hydroxylation sites is 2. The van der Waals surface area contributed by atoms with Crippen LogP contribution in [0.5, 0.6) is 5.75 Å². The second kappa shape index (κ2) is 10.7. The molecule has 4 rings (SSSR count). The summed E-state index contributed by atoms with van der Waals surface area (Å²) in [5.74, 6) is -0.169. The molecule has 0 aromatic heterocycles. The maximum atomic E-state index is 13.7. The quantitative estimate of drug-likeness (QED) is 0.545. The van der Waals surface area contributed by atoms with Crippen LogP contribution in [-0.2, 0) is 26.0 Å². The summed E-state index contributed by atoms with van der Waals surface area (Å²) >= 11 is 3.43. The second-order valence-corrected chi connectivity index (χ2v) is 11.4. The lowest BCUT2D eigenvalue weighted by Gasteiger charge is -2.32. The van der Waals surface area contributed by atoms with Crippen LogP contribution < -0.4 is 15.0 Å². The topological polar surface area (TPSA) is 96.0 Å². The number of ether oxygens (including phenoxy) is 1. The average molecular weight is 565 g/mol. The first kappa shape index (κ1) is 25.7. The summed E-state index contributed by atoms with van der Waals surface area (Å²) in [7, 11) is -3.88. The number of halogens is 1. The number of hydrogen-bond donors (Lipinski definition) is 1. The van der Waals surface area contributed by atoms with Crippen LogP contribution >= 0.6 is 15.9 Å². The van der Waals surface area contributed by atoms with Gasteiger partial charge in [-0.1, -0.05) is 19.1 Å². The number of rotatable bonds is 7. The van der Waals surface area contributed by atoms with E-state index in [0.29, 0.717) is 67.0 Å². The molecule has 0 spiro atoms. The van der Waals surface area contributed by atoms with Gasteiger partial charge in [0.1, 0.15) is 5.75 Å². The molecule has 10 heteroatoms. The van der Waals surface area contributed by atoms with Gasteiger partial charge in [-0.15, -0.1) is 0 Å². The molecule has 8 nitrogen and oxygen atoms in total. The Morgan fingerprint density at radius 1 is 1.17 bits per heavy atom. The molecule has 1 saturated heterocycles. The fraction of sp³-hybridized carbons (Fsp3) is 0.440. The molecule has 2 aliphatic rings. The summed E-state index contributed by atoms with van der Waals surface area (Å²) in [5.41, 5.74) is 2.17. The molecule has 2 heterocycles. The van der Waals surface area contributed by atoms with Gasteiger partial charge in [-0.2, -0.15) is 4.31 Å². The van der Waals surface area contributed by atoms with Gasteiger partial charge in [-0.3, -0.25) is 9.59 Å². The van der Waals surface area contributed by atoms with E-state index in [4.69, 9.17) is 4.74 Å².